The molecule has 1 saturated carbocycles. The predicted molar refractivity (Wildman–Crippen MR) is 76.7 cm³/mol. The maximum atomic E-state index is 8.60. The van der Waals surface area contributed by atoms with Crippen LogP contribution in [0, 0.1) is 5.41 Å². The van der Waals surface area contributed by atoms with E-state index in [1.165, 1.54) is 0 Å². The Morgan fingerprint density at radius 3 is 2.37 bits per heavy atom. The molecule has 1 aliphatic rings. The topological polar surface area (TPSA) is 67.8 Å². The van der Waals surface area contributed by atoms with Crippen molar-refractivity contribution in [2.45, 2.75) is 19.3 Å². The molecular weight excluding hydrogens is 311 g/mol. The summed E-state index contributed by atoms with van der Waals surface area (Å²) in [7, 11) is 0. The van der Waals surface area contributed by atoms with Crippen molar-refractivity contribution in [3.8, 4) is 5.75 Å². The van der Waals surface area contributed by atoms with Crippen molar-refractivity contribution in [3.63, 3.8) is 0 Å². The lowest BCUT2D eigenvalue weighted by molar-refractivity contribution is 0.236. The molecule has 4 nitrogen and oxygen atoms in total. The summed E-state index contributed by atoms with van der Waals surface area (Å²) in [6.07, 6.45) is 2.42. The van der Waals surface area contributed by atoms with Gasteiger partial charge in [-0.3, -0.25) is 0 Å². The van der Waals surface area contributed by atoms with Crippen molar-refractivity contribution in [1.82, 2.24) is 0 Å². The van der Waals surface area contributed by atoms with Crippen molar-refractivity contribution in [3.05, 3.63) is 27.2 Å². The molecule has 0 unspecified atom stereocenters. The Balaban J connectivity index is 2.04. The van der Waals surface area contributed by atoms with Crippen molar-refractivity contribution in [1.29, 1.82) is 0 Å². The molecule has 0 radical (unpaired) electrons. The lowest BCUT2D eigenvalue weighted by Crippen LogP contribution is -2.22. The lowest BCUT2D eigenvalue weighted by Gasteiger charge is -2.17. The first kappa shape index (κ1) is 14.6. The van der Waals surface area contributed by atoms with Crippen LogP contribution in [0.25, 0.3) is 0 Å². The SMILES string of the molecule is NC(CC1(COc2c(Cl)cc(Cl)cc2Cl)CC1)=NO. The van der Waals surface area contributed by atoms with E-state index in [1.54, 1.807) is 12.1 Å². The minimum Gasteiger partial charge on any atom is -0.490 e. The van der Waals surface area contributed by atoms with E-state index in [-0.39, 0.29) is 11.3 Å². The van der Waals surface area contributed by atoms with Crippen molar-refractivity contribution in [2.75, 3.05) is 6.61 Å². The van der Waals surface area contributed by atoms with Crippen molar-refractivity contribution in [2.24, 2.45) is 16.3 Å². The maximum Gasteiger partial charge on any atom is 0.156 e. The summed E-state index contributed by atoms with van der Waals surface area (Å²) in [6.45, 7) is 0.421. The molecule has 1 aromatic carbocycles. The van der Waals surface area contributed by atoms with Crippen molar-refractivity contribution < 1.29 is 9.94 Å². The van der Waals surface area contributed by atoms with Gasteiger partial charge in [-0.25, -0.2) is 0 Å². The fraction of sp³-hybridized carbons (Fsp3) is 0.417. The van der Waals surface area contributed by atoms with E-state index >= 15 is 0 Å². The van der Waals surface area contributed by atoms with Crippen LogP contribution < -0.4 is 10.5 Å². The molecule has 1 aliphatic carbocycles. The van der Waals surface area contributed by atoms with Gasteiger partial charge in [0.05, 0.1) is 16.7 Å². The van der Waals surface area contributed by atoms with Crippen LogP contribution in [0.3, 0.4) is 0 Å². The first-order valence-electron chi connectivity index (χ1n) is 5.69. The van der Waals surface area contributed by atoms with Gasteiger partial charge >= 0.3 is 0 Å². The largest absolute Gasteiger partial charge is 0.490 e. The number of nitrogens with zero attached hydrogens (tertiary/aromatic N) is 1. The second-order valence-corrected chi connectivity index (χ2v) is 6.01. The van der Waals surface area contributed by atoms with E-state index in [2.05, 4.69) is 5.16 Å². The summed E-state index contributed by atoms with van der Waals surface area (Å²) < 4.78 is 5.68. The molecule has 0 atom stereocenters. The summed E-state index contributed by atoms with van der Waals surface area (Å²) in [5.41, 5.74) is 5.44. The molecule has 0 bridgehead atoms. The number of nitrogens with two attached hydrogens (primary N) is 1. The Morgan fingerprint density at radius 2 is 1.89 bits per heavy atom. The van der Waals surface area contributed by atoms with Gasteiger partial charge in [0.2, 0.25) is 0 Å². The molecule has 19 heavy (non-hydrogen) atoms. The molecule has 0 spiro atoms. The molecule has 0 heterocycles. The number of amidine groups is 1. The Kier molecular flexibility index (Phi) is 4.33. The smallest absolute Gasteiger partial charge is 0.156 e. The quantitative estimate of drug-likeness (QED) is 0.373. The number of benzene rings is 1. The highest BCUT2D eigenvalue weighted by Crippen LogP contribution is 2.49. The van der Waals surface area contributed by atoms with Gasteiger partial charge in [0.25, 0.3) is 0 Å². The van der Waals surface area contributed by atoms with Gasteiger partial charge in [-0.1, -0.05) is 40.0 Å². The predicted octanol–water partition coefficient (Wildman–Crippen LogP) is 3.94. The van der Waals surface area contributed by atoms with Crippen LogP contribution in [0.1, 0.15) is 19.3 Å². The van der Waals surface area contributed by atoms with E-state index in [0.29, 0.717) is 33.8 Å². The van der Waals surface area contributed by atoms with Gasteiger partial charge in [0.15, 0.2) is 5.75 Å². The van der Waals surface area contributed by atoms with Crippen LogP contribution in [-0.2, 0) is 0 Å². The number of hydrogen-bond donors (Lipinski definition) is 2. The maximum absolute atomic E-state index is 8.60. The van der Waals surface area contributed by atoms with E-state index in [1.807, 2.05) is 0 Å². The van der Waals surface area contributed by atoms with E-state index in [0.717, 1.165) is 12.8 Å². The van der Waals surface area contributed by atoms with E-state index < -0.39 is 0 Å². The zero-order chi connectivity index (χ0) is 14.0. The summed E-state index contributed by atoms with van der Waals surface area (Å²) in [6, 6.07) is 3.15. The molecular formula is C12H13Cl3N2O2. The van der Waals surface area contributed by atoms with Crippen molar-refractivity contribution >= 4 is 40.6 Å². The second-order valence-electron chi connectivity index (χ2n) is 4.76. The molecule has 3 N–H and O–H groups in total. The number of hydrogen-bond acceptors (Lipinski definition) is 3. The molecule has 104 valence electrons. The zero-order valence-electron chi connectivity index (χ0n) is 10.00. The van der Waals surface area contributed by atoms with E-state index in [4.69, 9.17) is 50.5 Å². The number of rotatable bonds is 5. The van der Waals surface area contributed by atoms with Crippen LogP contribution in [0.2, 0.25) is 15.1 Å². The minimum absolute atomic E-state index is 0.0807. The second kappa shape index (κ2) is 5.65. The van der Waals surface area contributed by atoms with E-state index in [9.17, 15) is 0 Å². The number of halogens is 3. The first-order chi connectivity index (χ1) is 8.96. The monoisotopic (exact) mass is 322 g/mol. The van der Waals surface area contributed by atoms with Crippen LogP contribution in [-0.4, -0.2) is 17.6 Å². The van der Waals surface area contributed by atoms with Gasteiger partial charge in [-0.15, -0.1) is 0 Å². The van der Waals surface area contributed by atoms with Gasteiger partial charge in [-0.2, -0.15) is 0 Å². The molecule has 0 saturated heterocycles. The van der Waals surface area contributed by atoms with Crippen LogP contribution >= 0.6 is 34.8 Å². The average molecular weight is 324 g/mol. The molecule has 0 aromatic heterocycles. The van der Waals surface area contributed by atoms with Crippen LogP contribution in [0.4, 0.5) is 0 Å². The fourth-order valence-electron chi connectivity index (χ4n) is 1.86. The molecule has 7 heteroatoms. The summed E-state index contributed by atoms with van der Waals surface area (Å²) >= 11 is 17.9. The number of oxime groups is 1. The van der Waals surface area contributed by atoms with Gasteiger partial charge in [-0.05, 0) is 25.0 Å². The molecule has 2 rings (SSSR count). The Bertz CT molecular complexity index is 493. The van der Waals surface area contributed by atoms with Crippen LogP contribution in [0.5, 0.6) is 5.75 Å². The lowest BCUT2D eigenvalue weighted by atomic mass is 10.0. The third kappa shape index (κ3) is 3.59. The fourth-order valence-corrected chi connectivity index (χ4v) is 2.79. The minimum atomic E-state index is -0.0807. The highest BCUT2D eigenvalue weighted by molar-refractivity contribution is 6.40. The normalized spacial score (nSPS) is 17.3. The van der Waals surface area contributed by atoms with Gasteiger partial charge in [0.1, 0.15) is 5.84 Å². The van der Waals surface area contributed by atoms with Gasteiger partial charge < -0.3 is 15.7 Å². The summed E-state index contributed by atoms with van der Waals surface area (Å²) in [4.78, 5) is 0. The average Bonchev–Trinajstić information content (AvgIpc) is 3.07. The molecule has 1 fully saturated rings. The molecule has 0 aliphatic heterocycles. The Hall–Kier alpha value is -0.840. The number of ether oxygens (including phenoxy) is 1. The third-order valence-corrected chi connectivity index (χ3v) is 3.91. The molecule has 0 amide bonds. The Morgan fingerprint density at radius 1 is 1.32 bits per heavy atom. The van der Waals surface area contributed by atoms with Gasteiger partial charge in [0, 0.05) is 16.9 Å². The third-order valence-electron chi connectivity index (χ3n) is 3.13. The first-order valence-corrected chi connectivity index (χ1v) is 6.83. The zero-order valence-corrected chi connectivity index (χ0v) is 12.3. The summed E-state index contributed by atoms with van der Waals surface area (Å²) in [5.74, 6) is 0.618. The summed E-state index contributed by atoms with van der Waals surface area (Å²) in [5, 5.41) is 12.8. The standard InChI is InChI=1S/C12H13Cl3N2O2/c13-7-3-8(14)11(9(15)4-7)19-6-12(1-2-12)5-10(16)17-18/h3-4,18H,1-2,5-6H2,(H2,16,17). The van der Waals surface area contributed by atoms with Crippen LogP contribution in [0.15, 0.2) is 17.3 Å². The molecule has 1 aromatic rings. The Labute approximate surface area is 126 Å². The highest BCUT2D eigenvalue weighted by atomic mass is 35.5. The highest BCUT2D eigenvalue weighted by Gasteiger charge is 2.44.